The third-order valence-electron chi connectivity index (χ3n) is 3.44. The fraction of sp³-hybridized carbons (Fsp3) is 0.900. The molecule has 1 aliphatic carbocycles. The third kappa shape index (κ3) is 1.50. The Bertz CT molecular complexity index is 243. The molecule has 0 radical (unpaired) electrons. The third-order valence-corrected chi connectivity index (χ3v) is 3.44. The molecule has 0 spiro atoms. The number of hydrogen-bond donors (Lipinski definition) is 0. The lowest BCUT2D eigenvalue weighted by atomic mass is 9.75. The summed E-state index contributed by atoms with van der Waals surface area (Å²) in [6, 6.07) is 0. The van der Waals surface area contributed by atoms with E-state index in [1.165, 1.54) is 6.92 Å². The van der Waals surface area contributed by atoms with Crippen LogP contribution in [0, 0.1) is 5.92 Å². The quantitative estimate of drug-likeness (QED) is 0.585. The number of ether oxygens (including phenoxy) is 1. The molecule has 2 rings (SSSR count). The molecule has 2 aliphatic rings. The first kappa shape index (κ1) is 9.13. The van der Waals surface area contributed by atoms with Gasteiger partial charge in [0.1, 0.15) is 0 Å². The Morgan fingerprint density at radius 3 is 2.62 bits per heavy atom. The van der Waals surface area contributed by atoms with Crippen molar-refractivity contribution in [3.63, 3.8) is 0 Å². The van der Waals surface area contributed by atoms with Gasteiger partial charge in [-0.1, -0.05) is 0 Å². The average Bonchev–Trinajstić information content (AvgIpc) is 2.75. The lowest BCUT2D eigenvalue weighted by Crippen LogP contribution is -2.40. The summed E-state index contributed by atoms with van der Waals surface area (Å²) in [7, 11) is 0. The molecule has 0 aromatic heterocycles. The summed E-state index contributed by atoms with van der Waals surface area (Å²) in [5.74, 6) is -0.00991. The standard InChI is InChI=1S/C10H15FO2/c1-9(11)4-3-7(5-8(9)12)10(2)6-13-10/h7H,3-6H2,1-2H3/t7-,9+,10?/m1/s1. The summed E-state index contributed by atoms with van der Waals surface area (Å²) in [5, 5.41) is 0. The van der Waals surface area contributed by atoms with E-state index in [0.29, 0.717) is 12.8 Å². The van der Waals surface area contributed by atoms with Gasteiger partial charge in [0.25, 0.3) is 0 Å². The minimum absolute atomic E-state index is 0.119. The number of ketones is 1. The van der Waals surface area contributed by atoms with Crippen LogP contribution < -0.4 is 0 Å². The second-order valence-corrected chi connectivity index (χ2v) is 4.66. The van der Waals surface area contributed by atoms with Gasteiger partial charge in [-0.3, -0.25) is 4.79 Å². The molecule has 2 nitrogen and oxygen atoms in total. The molecule has 13 heavy (non-hydrogen) atoms. The molecule has 74 valence electrons. The van der Waals surface area contributed by atoms with Crippen molar-refractivity contribution in [2.45, 2.75) is 44.4 Å². The number of rotatable bonds is 1. The predicted octanol–water partition coefficient (Wildman–Crippen LogP) is 1.87. The first-order valence-corrected chi connectivity index (χ1v) is 4.80. The van der Waals surface area contributed by atoms with Gasteiger partial charge in [-0.15, -0.1) is 0 Å². The van der Waals surface area contributed by atoms with Crippen molar-refractivity contribution in [2.75, 3.05) is 6.61 Å². The van der Waals surface area contributed by atoms with Gasteiger partial charge in [-0.2, -0.15) is 0 Å². The molecular weight excluding hydrogens is 171 g/mol. The summed E-state index contributed by atoms with van der Waals surface area (Å²) in [4.78, 5) is 11.4. The molecule has 0 N–H and O–H groups in total. The van der Waals surface area contributed by atoms with Crippen molar-refractivity contribution in [2.24, 2.45) is 5.92 Å². The molecule has 0 aromatic rings. The molecule has 2 fully saturated rings. The van der Waals surface area contributed by atoms with E-state index in [-0.39, 0.29) is 17.3 Å². The molecule has 0 bridgehead atoms. The Morgan fingerprint density at radius 1 is 1.54 bits per heavy atom. The van der Waals surface area contributed by atoms with E-state index in [1.807, 2.05) is 6.92 Å². The van der Waals surface area contributed by atoms with Crippen molar-refractivity contribution in [1.29, 1.82) is 0 Å². The zero-order valence-electron chi connectivity index (χ0n) is 8.10. The van der Waals surface area contributed by atoms with E-state index < -0.39 is 5.67 Å². The average molecular weight is 186 g/mol. The summed E-state index contributed by atoms with van der Waals surface area (Å²) in [5.41, 5.74) is -1.70. The van der Waals surface area contributed by atoms with E-state index in [1.54, 1.807) is 0 Å². The van der Waals surface area contributed by atoms with Crippen molar-refractivity contribution >= 4 is 5.78 Å². The minimum atomic E-state index is -1.58. The maximum Gasteiger partial charge on any atom is 0.170 e. The maximum atomic E-state index is 13.5. The SMILES string of the molecule is CC1([C@@H]2CC[C@](C)(F)C(=O)C2)CO1. The van der Waals surface area contributed by atoms with Gasteiger partial charge in [-0.25, -0.2) is 4.39 Å². The molecule has 0 amide bonds. The Hall–Kier alpha value is -0.440. The van der Waals surface area contributed by atoms with Crippen LogP contribution in [0.5, 0.6) is 0 Å². The van der Waals surface area contributed by atoms with E-state index in [0.717, 1.165) is 13.0 Å². The molecule has 1 heterocycles. The van der Waals surface area contributed by atoms with E-state index >= 15 is 0 Å². The zero-order valence-corrected chi connectivity index (χ0v) is 8.10. The fourth-order valence-corrected chi connectivity index (χ4v) is 1.99. The number of halogens is 1. The van der Waals surface area contributed by atoms with Crippen molar-refractivity contribution in [3.8, 4) is 0 Å². The Labute approximate surface area is 77.5 Å². The Balaban J connectivity index is 2.03. The zero-order chi connectivity index (χ0) is 9.69. The topological polar surface area (TPSA) is 29.6 Å². The van der Waals surface area contributed by atoms with Crippen LogP contribution >= 0.6 is 0 Å². The number of carbonyl (C=O) groups is 1. The largest absolute Gasteiger partial charge is 0.370 e. The van der Waals surface area contributed by atoms with Gasteiger partial charge in [-0.05, 0) is 32.6 Å². The molecule has 1 unspecified atom stereocenters. The molecule has 3 heteroatoms. The van der Waals surface area contributed by atoms with E-state index in [9.17, 15) is 9.18 Å². The summed E-state index contributed by atoms with van der Waals surface area (Å²) in [6.07, 6.45) is 1.48. The van der Waals surface area contributed by atoms with Crippen LogP contribution in [-0.2, 0) is 9.53 Å². The summed E-state index contributed by atoms with van der Waals surface area (Å²) >= 11 is 0. The van der Waals surface area contributed by atoms with E-state index in [2.05, 4.69) is 0 Å². The predicted molar refractivity (Wildman–Crippen MR) is 46.2 cm³/mol. The smallest absolute Gasteiger partial charge is 0.170 e. The number of epoxide rings is 1. The van der Waals surface area contributed by atoms with Crippen LogP contribution in [0.25, 0.3) is 0 Å². The van der Waals surface area contributed by atoms with Crippen LogP contribution in [0.3, 0.4) is 0 Å². The van der Waals surface area contributed by atoms with Crippen LogP contribution in [0.1, 0.15) is 33.1 Å². The number of Topliss-reactive ketones (excluding diaryl/α,β-unsaturated/α-hetero) is 1. The van der Waals surface area contributed by atoms with Gasteiger partial charge < -0.3 is 4.74 Å². The highest BCUT2D eigenvalue weighted by Gasteiger charge is 2.52. The number of carbonyl (C=O) groups excluding carboxylic acids is 1. The summed E-state index contributed by atoms with van der Waals surface area (Å²) in [6.45, 7) is 4.13. The molecule has 3 atom stereocenters. The van der Waals surface area contributed by atoms with Gasteiger partial charge in [0, 0.05) is 6.42 Å². The molecule has 1 saturated heterocycles. The van der Waals surface area contributed by atoms with Crippen LogP contribution in [-0.4, -0.2) is 23.7 Å². The Morgan fingerprint density at radius 2 is 2.15 bits per heavy atom. The molecular formula is C10H15FO2. The molecule has 1 aliphatic heterocycles. The highest BCUT2D eigenvalue weighted by molar-refractivity contribution is 5.87. The van der Waals surface area contributed by atoms with Gasteiger partial charge in [0.15, 0.2) is 11.5 Å². The second kappa shape index (κ2) is 2.53. The Kier molecular flexibility index (Phi) is 1.78. The van der Waals surface area contributed by atoms with Gasteiger partial charge >= 0.3 is 0 Å². The summed E-state index contributed by atoms with van der Waals surface area (Å²) < 4.78 is 18.7. The van der Waals surface area contributed by atoms with Crippen molar-refractivity contribution in [3.05, 3.63) is 0 Å². The van der Waals surface area contributed by atoms with E-state index in [4.69, 9.17) is 4.74 Å². The van der Waals surface area contributed by atoms with Crippen molar-refractivity contribution in [1.82, 2.24) is 0 Å². The minimum Gasteiger partial charge on any atom is -0.370 e. The second-order valence-electron chi connectivity index (χ2n) is 4.66. The highest BCUT2D eigenvalue weighted by Crippen LogP contribution is 2.44. The molecule has 0 aromatic carbocycles. The van der Waals surface area contributed by atoms with Crippen molar-refractivity contribution < 1.29 is 13.9 Å². The first-order valence-electron chi connectivity index (χ1n) is 4.80. The lowest BCUT2D eigenvalue weighted by molar-refractivity contribution is -0.134. The van der Waals surface area contributed by atoms with Gasteiger partial charge in [0.2, 0.25) is 0 Å². The van der Waals surface area contributed by atoms with Gasteiger partial charge in [0.05, 0.1) is 12.2 Å². The van der Waals surface area contributed by atoms with Crippen LogP contribution in [0.15, 0.2) is 0 Å². The number of hydrogen-bond acceptors (Lipinski definition) is 2. The lowest BCUT2D eigenvalue weighted by Gasteiger charge is -2.31. The highest BCUT2D eigenvalue weighted by atomic mass is 19.1. The van der Waals surface area contributed by atoms with Crippen LogP contribution in [0.4, 0.5) is 4.39 Å². The first-order chi connectivity index (χ1) is 5.94. The monoisotopic (exact) mass is 186 g/mol. The fourth-order valence-electron chi connectivity index (χ4n) is 1.99. The maximum absolute atomic E-state index is 13.5. The van der Waals surface area contributed by atoms with Crippen LogP contribution in [0.2, 0.25) is 0 Å². The number of alkyl halides is 1. The molecule has 1 saturated carbocycles. The normalized spacial score (nSPS) is 50.7.